The van der Waals surface area contributed by atoms with E-state index < -0.39 is 0 Å². The molecule has 0 saturated heterocycles. The Labute approximate surface area is 134 Å². The highest BCUT2D eigenvalue weighted by Gasteiger charge is 2.30. The molecule has 4 heteroatoms. The molecule has 0 amide bonds. The van der Waals surface area contributed by atoms with Gasteiger partial charge in [0.1, 0.15) is 0 Å². The van der Waals surface area contributed by atoms with Crippen molar-refractivity contribution in [2.24, 2.45) is 11.8 Å². The number of likely N-dealkylation sites (N-methyl/N-ethyl adjacent to an activating group) is 1. The van der Waals surface area contributed by atoms with Gasteiger partial charge in [0.2, 0.25) is 0 Å². The molecule has 3 nitrogen and oxygen atoms in total. The molecule has 1 fully saturated rings. The fourth-order valence-electron chi connectivity index (χ4n) is 3.77. The molecule has 3 unspecified atom stereocenters. The number of nitrogens with one attached hydrogen (secondary N) is 1. The van der Waals surface area contributed by atoms with Crippen molar-refractivity contribution in [2.75, 3.05) is 7.05 Å². The molecule has 0 radical (unpaired) electrons. The summed E-state index contributed by atoms with van der Waals surface area (Å²) >= 11 is 6.56. The van der Waals surface area contributed by atoms with Gasteiger partial charge in [-0.1, -0.05) is 38.3 Å². The fraction of sp³-hybridized carbons (Fsp3) is 0.824. The molecule has 1 N–H and O–H groups in total. The lowest BCUT2D eigenvalue weighted by Crippen LogP contribution is -2.35. The zero-order chi connectivity index (χ0) is 15.4. The second-order valence-electron chi connectivity index (χ2n) is 6.32. The van der Waals surface area contributed by atoms with E-state index in [2.05, 4.69) is 42.9 Å². The van der Waals surface area contributed by atoms with E-state index >= 15 is 0 Å². The van der Waals surface area contributed by atoms with Gasteiger partial charge in [-0.15, -0.1) is 0 Å². The van der Waals surface area contributed by atoms with Crippen LogP contribution in [0, 0.1) is 11.8 Å². The maximum Gasteiger partial charge on any atom is 0.0850 e. The Hall–Kier alpha value is -0.540. The predicted molar refractivity (Wildman–Crippen MR) is 90.0 cm³/mol. The van der Waals surface area contributed by atoms with Crippen LogP contribution in [0.3, 0.4) is 0 Å². The Bertz CT molecular complexity index is 455. The van der Waals surface area contributed by atoms with Gasteiger partial charge >= 0.3 is 0 Å². The maximum atomic E-state index is 6.56. The van der Waals surface area contributed by atoms with Gasteiger partial charge in [0.25, 0.3) is 0 Å². The second kappa shape index (κ2) is 7.64. The zero-order valence-electron chi connectivity index (χ0n) is 14.0. The summed E-state index contributed by atoms with van der Waals surface area (Å²) < 4.78 is 2.10. The van der Waals surface area contributed by atoms with Gasteiger partial charge in [0.15, 0.2) is 0 Å². The van der Waals surface area contributed by atoms with Crippen LogP contribution in [-0.4, -0.2) is 22.9 Å². The van der Waals surface area contributed by atoms with Crippen LogP contribution in [0.25, 0.3) is 0 Å². The van der Waals surface area contributed by atoms with E-state index in [0.29, 0.717) is 6.04 Å². The van der Waals surface area contributed by atoms with Gasteiger partial charge < -0.3 is 5.32 Å². The number of hydrogen-bond acceptors (Lipinski definition) is 2. The normalized spacial score (nSPS) is 23.7. The monoisotopic (exact) mass is 311 g/mol. The molecule has 1 heterocycles. The van der Waals surface area contributed by atoms with E-state index in [1.54, 1.807) is 0 Å². The van der Waals surface area contributed by atoms with Crippen molar-refractivity contribution in [3.8, 4) is 0 Å². The van der Waals surface area contributed by atoms with Crippen molar-refractivity contribution < 1.29 is 0 Å². The first kappa shape index (κ1) is 16.8. The van der Waals surface area contributed by atoms with E-state index in [1.165, 1.54) is 31.4 Å². The smallest absolute Gasteiger partial charge is 0.0850 e. The third-order valence-corrected chi connectivity index (χ3v) is 5.64. The summed E-state index contributed by atoms with van der Waals surface area (Å²) in [6.45, 7) is 7.48. The quantitative estimate of drug-likeness (QED) is 0.822. The summed E-state index contributed by atoms with van der Waals surface area (Å²) in [6.07, 6.45) is 7.33. The molecule has 0 aromatic carbocycles. The standard InChI is InChI=1S/C17H30ClN3/c1-5-12-8-9-13(10-12)15(19-4)11-16-17(18)14(6-2)20-21(16)7-3/h12-13,15,19H,5-11H2,1-4H3. The summed E-state index contributed by atoms with van der Waals surface area (Å²) in [5, 5.41) is 9.09. The number of rotatable bonds is 7. The van der Waals surface area contributed by atoms with Crippen LogP contribution in [0.4, 0.5) is 0 Å². The van der Waals surface area contributed by atoms with Crippen LogP contribution in [0.15, 0.2) is 0 Å². The van der Waals surface area contributed by atoms with Crippen molar-refractivity contribution in [2.45, 2.75) is 71.9 Å². The van der Waals surface area contributed by atoms with E-state index in [0.717, 1.165) is 41.9 Å². The number of aryl methyl sites for hydroxylation is 2. The third kappa shape index (κ3) is 3.62. The van der Waals surface area contributed by atoms with E-state index in [4.69, 9.17) is 11.6 Å². The molecule has 0 aliphatic heterocycles. The van der Waals surface area contributed by atoms with Crippen LogP contribution in [-0.2, 0) is 19.4 Å². The van der Waals surface area contributed by atoms with E-state index in [1.807, 2.05) is 0 Å². The van der Waals surface area contributed by atoms with Crippen molar-refractivity contribution in [3.63, 3.8) is 0 Å². The lowest BCUT2D eigenvalue weighted by molar-refractivity contribution is 0.355. The first-order chi connectivity index (χ1) is 10.1. The van der Waals surface area contributed by atoms with Crippen LogP contribution >= 0.6 is 11.6 Å². The van der Waals surface area contributed by atoms with Gasteiger partial charge in [-0.05, 0) is 45.1 Å². The minimum atomic E-state index is 0.519. The van der Waals surface area contributed by atoms with Gasteiger partial charge in [0, 0.05) is 19.0 Å². The molecule has 0 spiro atoms. The highest BCUT2D eigenvalue weighted by atomic mass is 35.5. The molecular weight excluding hydrogens is 282 g/mol. The Kier molecular flexibility index (Phi) is 6.12. The summed E-state index contributed by atoms with van der Waals surface area (Å²) in [7, 11) is 2.09. The number of halogens is 1. The highest BCUT2D eigenvalue weighted by Crippen LogP contribution is 2.36. The molecule has 1 aliphatic carbocycles. The minimum Gasteiger partial charge on any atom is -0.316 e. The summed E-state index contributed by atoms with van der Waals surface area (Å²) in [4.78, 5) is 0. The minimum absolute atomic E-state index is 0.519. The number of hydrogen-bond donors (Lipinski definition) is 1. The predicted octanol–water partition coefficient (Wildman–Crippen LogP) is 4.08. The molecule has 21 heavy (non-hydrogen) atoms. The largest absolute Gasteiger partial charge is 0.316 e. The molecule has 3 atom stereocenters. The SMILES string of the molecule is CCc1nn(CC)c(CC(NC)C2CCC(CC)C2)c1Cl. The Morgan fingerprint density at radius 1 is 1.33 bits per heavy atom. The van der Waals surface area contributed by atoms with Crippen LogP contribution < -0.4 is 5.32 Å². The average molecular weight is 312 g/mol. The van der Waals surface area contributed by atoms with Crippen molar-refractivity contribution in [1.29, 1.82) is 0 Å². The Morgan fingerprint density at radius 3 is 2.62 bits per heavy atom. The van der Waals surface area contributed by atoms with Gasteiger partial charge in [-0.25, -0.2) is 0 Å². The molecule has 1 saturated carbocycles. The van der Waals surface area contributed by atoms with Gasteiger partial charge in [-0.2, -0.15) is 5.10 Å². The molecule has 1 aromatic heterocycles. The van der Waals surface area contributed by atoms with Gasteiger partial charge in [-0.3, -0.25) is 4.68 Å². The lowest BCUT2D eigenvalue weighted by atomic mass is 9.92. The molecular formula is C17H30ClN3. The fourth-order valence-corrected chi connectivity index (χ4v) is 4.12. The summed E-state index contributed by atoms with van der Waals surface area (Å²) in [6, 6.07) is 0.519. The number of nitrogens with zero attached hydrogens (tertiary/aromatic N) is 2. The Balaban J connectivity index is 2.13. The topological polar surface area (TPSA) is 29.9 Å². The van der Waals surface area contributed by atoms with Crippen molar-refractivity contribution in [3.05, 3.63) is 16.4 Å². The third-order valence-electron chi connectivity index (χ3n) is 5.21. The molecule has 120 valence electrons. The number of aromatic nitrogens is 2. The molecule has 1 aliphatic rings. The lowest BCUT2D eigenvalue weighted by Gasteiger charge is -2.24. The molecule has 1 aromatic rings. The second-order valence-corrected chi connectivity index (χ2v) is 6.70. The van der Waals surface area contributed by atoms with Crippen LogP contribution in [0.2, 0.25) is 5.02 Å². The highest BCUT2D eigenvalue weighted by molar-refractivity contribution is 6.31. The maximum absolute atomic E-state index is 6.56. The van der Waals surface area contributed by atoms with Crippen LogP contribution in [0.5, 0.6) is 0 Å². The van der Waals surface area contributed by atoms with Crippen molar-refractivity contribution >= 4 is 11.6 Å². The van der Waals surface area contributed by atoms with Crippen LogP contribution in [0.1, 0.15) is 57.8 Å². The first-order valence-electron chi connectivity index (χ1n) is 8.55. The average Bonchev–Trinajstić information content (AvgIpc) is 3.09. The Morgan fingerprint density at radius 2 is 2.10 bits per heavy atom. The first-order valence-corrected chi connectivity index (χ1v) is 8.93. The van der Waals surface area contributed by atoms with E-state index in [9.17, 15) is 0 Å². The summed E-state index contributed by atoms with van der Waals surface area (Å²) in [5.41, 5.74) is 2.26. The zero-order valence-corrected chi connectivity index (χ0v) is 14.7. The molecule has 0 bridgehead atoms. The van der Waals surface area contributed by atoms with Crippen molar-refractivity contribution in [1.82, 2.24) is 15.1 Å². The molecule has 2 rings (SSSR count). The van der Waals surface area contributed by atoms with Gasteiger partial charge in [0.05, 0.1) is 16.4 Å². The summed E-state index contributed by atoms with van der Waals surface area (Å²) in [5.74, 6) is 1.70. The van der Waals surface area contributed by atoms with E-state index in [-0.39, 0.29) is 0 Å².